The summed E-state index contributed by atoms with van der Waals surface area (Å²) in [6, 6.07) is 2.86. The number of halogens is 4. The van der Waals surface area contributed by atoms with Gasteiger partial charge in [-0.25, -0.2) is 9.37 Å². The van der Waals surface area contributed by atoms with Crippen molar-refractivity contribution >= 4 is 11.3 Å². The lowest BCUT2D eigenvalue weighted by molar-refractivity contribution is -0.139. The van der Waals surface area contributed by atoms with Gasteiger partial charge in [0, 0.05) is 10.9 Å². The van der Waals surface area contributed by atoms with Gasteiger partial charge in [-0.1, -0.05) is 40.7 Å². The number of rotatable bonds is 2. The summed E-state index contributed by atoms with van der Waals surface area (Å²) >= 11 is 1.29. The number of aromatic nitrogens is 1. The molecule has 1 aromatic heterocycles. The smallest absolute Gasteiger partial charge is 0.241 e. The van der Waals surface area contributed by atoms with Crippen LogP contribution in [0.15, 0.2) is 23.6 Å². The third kappa shape index (κ3) is 5.40. The summed E-state index contributed by atoms with van der Waals surface area (Å²) in [5.74, 6) is -1.27. The van der Waals surface area contributed by atoms with E-state index in [2.05, 4.69) is 4.98 Å². The van der Waals surface area contributed by atoms with Crippen molar-refractivity contribution in [2.24, 2.45) is 0 Å². The maximum atomic E-state index is 13.4. The molecule has 0 aliphatic heterocycles. The fourth-order valence-corrected chi connectivity index (χ4v) is 2.38. The first-order valence-corrected chi connectivity index (χ1v) is 8.11. The molecule has 124 valence electrons. The molecular formula is C16H21F4NS. The van der Waals surface area contributed by atoms with Crippen LogP contribution < -0.4 is 0 Å². The molecule has 6 heteroatoms. The van der Waals surface area contributed by atoms with Gasteiger partial charge < -0.3 is 0 Å². The molecule has 0 atom stereocenters. The summed E-state index contributed by atoms with van der Waals surface area (Å²) in [5, 5.41) is 2.34. The monoisotopic (exact) mass is 335 g/mol. The summed E-state index contributed by atoms with van der Waals surface area (Å²) in [6.45, 7) is 9.92. The Kier molecular flexibility index (Phi) is 8.94. The normalized spacial score (nSPS) is 10.2. The highest BCUT2D eigenvalue weighted by Crippen LogP contribution is 2.34. The van der Waals surface area contributed by atoms with Crippen molar-refractivity contribution in [3.8, 4) is 10.6 Å². The number of aryl methyl sites for hydroxylation is 1. The van der Waals surface area contributed by atoms with E-state index < -0.39 is 17.6 Å². The van der Waals surface area contributed by atoms with E-state index in [1.807, 2.05) is 40.0 Å². The van der Waals surface area contributed by atoms with Crippen LogP contribution in [0, 0.1) is 5.82 Å². The van der Waals surface area contributed by atoms with Gasteiger partial charge in [0.2, 0.25) is 0 Å². The average Bonchev–Trinajstić information content (AvgIpc) is 2.99. The molecule has 0 amide bonds. The predicted octanol–water partition coefficient (Wildman–Crippen LogP) is 6.58. The molecule has 2 rings (SSSR count). The van der Waals surface area contributed by atoms with Gasteiger partial charge in [0.1, 0.15) is 10.8 Å². The van der Waals surface area contributed by atoms with E-state index in [1.54, 1.807) is 0 Å². The number of benzene rings is 1. The van der Waals surface area contributed by atoms with E-state index >= 15 is 0 Å². The number of alkyl halides is 3. The van der Waals surface area contributed by atoms with Crippen LogP contribution in [0.3, 0.4) is 0 Å². The van der Waals surface area contributed by atoms with Gasteiger partial charge in [-0.05, 0) is 18.6 Å². The van der Waals surface area contributed by atoms with Crippen LogP contribution in [0.2, 0.25) is 0 Å². The van der Waals surface area contributed by atoms with E-state index in [0.717, 1.165) is 24.2 Å². The summed E-state index contributed by atoms with van der Waals surface area (Å²) < 4.78 is 50.5. The van der Waals surface area contributed by atoms with Crippen LogP contribution in [-0.2, 0) is 12.6 Å². The van der Waals surface area contributed by atoms with Crippen molar-refractivity contribution in [1.82, 2.24) is 4.98 Å². The molecule has 0 saturated heterocycles. The van der Waals surface area contributed by atoms with Crippen LogP contribution in [0.25, 0.3) is 10.6 Å². The molecule has 0 unspecified atom stereocenters. The number of hydrogen-bond donors (Lipinski definition) is 0. The lowest BCUT2D eigenvalue weighted by Crippen LogP contribution is -2.07. The van der Waals surface area contributed by atoms with Crippen LogP contribution in [0.1, 0.15) is 45.9 Å². The molecule has 1 heterocycles. The molecular weight excluding hydrogens is 314 g/mol. The second-order valence-corrected chi connectivity index (χ2v) is 4.55. The second kappa shape index (κ2) is 9.56. The Hall–Kier alpha value is -1.43. The van der Waals surface area contributed by atoms with Crippen molar-refractivity contribution in [3.05, 3.63) is 40.7 Å². The van der Waals surface area contributed by atoms with Crippen LogP contribution in [0.4, 0.5) is 17.6 Å². The fourth-order valence-electron chi connectivity index (χ4n) is 1.48. The van der Waals surface area contributed by atoms with Gasteiger partial charge in [-0.3, -0.25) is 0 Å². The summed E-state index contributed by atoms with van der Waals surface area (Å²) in [4.78, 5) is 4.20. The first kappa shape index (κ1) is 20.6. The molecule has 0 N–H and O–H groups in total. The topological polar surface area (TPSA) is 12.9 Å². The van der Waals surface area contributed by atoms with Gasteiger partial charge in [0.15, 0.2) is 0 Å². The zero-order chi connectivity index (χ0) is 17.3. The lowest BCUT2D eigenvalue weighted by Gasteiger charge is -2.08. The third-order valence-corrected chi connectivity index (χ3v) is 3.38. The highest BCUT2D eigenvalue weighted by molar-refractivity contribution is 7.13. The number of hydrogen-bond acceptors (Lipinski definition) is 2. The summed E-state index contributed by atoms with van der Waals surface area (Å²) in [7, 11) is 0. The highest BCUT2D eigenvalue weighted by Gasteiger charge is 2.34. The van der Waals surface area contributed by atoms with E-state index in [1.165, 1.54) is 17.4 Å². The quantitative estimate of drug-likeness (QED) is 0.565. The van der Waals surface area contributed by atoms with E-state index in [-0.39, 0.29) is 0 Å². The minimum Gasteiger partial charge on any atom is -0.241 e. The van der Waals surface area contributed by atoms with Crippen molar-refractivity contribution < 1.29 is 17.6 Å². The average molecular weight is 335 g/mol. The molecule has 1 nitrogen and oxygen atoms in total. The molecule has 0 aliphatic rings. The number of thiazole rings is 1. The fraction of sp³-hybridized carbons (Fsp3) is 0.438. The Bertz CT molecular complexity index is 562. The maximum absolute atomic E-state index is 13.4. The molecule has 0 aliphatic carbocycles. The Morgan fingerprint density at radius 1 is 1.09 bits per heavy atom. The zero-order valence-electron chi connectivity index (χ0n) is 13.4. The van der Waals surface area contributed by atoms with Crippen LogP contribution in [0.5, 0.6) is 0 Å². The SMILES string of the molecule is CC.CC.CCc1csc(-c2ccc(C(F)(F)F)c(F)c2)n1. The Labute approximate surface area is 133 Å². The van der Waals surface area contributed by atoms with Crippen LogP contribution in [-0.4, -0.2) is 4.98 Å². The molecule has 2 aromatic rings. The standard InChI is InChI=1S/C12H9F4NS.2C2H6/c1-2-8-6-18-11(17-8)7-3-4-9(10(13)5-7)12(14,15)16;2*1-2/h3-6H,2H2,1H3;2*1-2H3. The highest BCUT2D eigenvalue weighted by atomic mass is 32.1. The molecule has 0 radical (unpaired) electrons. The minimum atomic E-state index is -4.67. The van der Waals surface area contributed by atoms with Crippen molar-refractivity contribution in [1.29, 1.82) is 0 Å². The maximum Gasteiger partial charge on any atom is 0.419 e. The molecule has 0 bridgehead atoms. The van der Waals surface area contributed by atoms with Gasteiger partial charge in [0.05, 0.1) is 11.3 Å². The van der Waals surface area contributed by atoms with Crippen LogP contribution >= 0.6 is 11.3 Å². The molecule has 0 fully saturated rings. The van der Waals surface area contributed by atoms with E-state index in [0.29, 0.717) is 10.6 Å². The molecule has 22 heavy (non-hydrogen) atoms. The Morgan fingerprint density at radius 3 is 2.09 bits per heavy atom. The van der Waals surface area contributed by atoms with Crippen molar-refractivity contribution in [2.45, 2.75) is 47.2 Å². The van der Waals surface area contributed by atoms with Gasteiger partial charge in [-0.15, -0.1) is 11.3 Å². The summed E-state index contributed by atoms with van der Waals surface area (Å²) in [5.41, 5.74) is -0.0426. The first-order chi connectivity index (χ1) is 10.4. The van der Waals surface area contributed by atoms with Gasteiger partial charge >= 0.3 is 6.18 Å². The van der Waals surface area contributed by atoms with Gasteiger partial charge in [0.25, 0.3) is 0 Å². The van der Waals surface area contributed by atoms with E-state index in [9.17, 15) is 17.6 Å². The molecule has 0 saturated carbocycles. The predicted molar refractivity (Wildman–Crippen MR) is 84.6 cm³/mol. The van der Waals surface area contributed by atoms with Crippen molar-refractivity contribution in [3.63, 3.8) is 0 Å². The second-order valence-electron chi connectivity index (χ2n) is 3.69. The molecule has 0 spiro atoms. The third-order valence-electron chi connectivity index (χ3n) is 2.44. The zero-order valence-corrected chi connectivity index (χ0v) is 14.2. The molecule has 1 aromatic carbocycles. The largest absolute Gasteiger partial charge is 0.419 e. The number of nitrogens with zero attached hydrogens (tertiary/aromatic N) is 1. The van der Waals surface area contributed by atoms with Gasteiger partial charge in [-0.2, -0.15) is 13.2 Å². The lowest BCUT2D eigenvalue weighted by atomic mass is 10.1. The Morgan fingerprint density at radius 2 is 1.68 bits per heavy atom. The Balaban J connectivity index is 0.00000102. The van der Waals surface area contributed by atoms with Crippen molar-refractivity contribution in [2.75, 3.05) is 0 Å². The summed E-state index contributed by atoms with van der Waals surface area (Å²) in [6.07, 6.45) is -3.93. The minimum absolute atomic E-state index is 0.366. The van der Waals surface area contributed by atoms with E-state index in [4.69, 9.17) is 0 Å². The first-order valence-electron chi connectivity index (χ1n) is 7.23.